The number of rotatable bonds is 2. The van der Waals surface area contributed by atoms with Gasteiger partial charge in [-0.2, -0.15) is 0 Å². The van der Waals surface area contributed by atoms with Crippen LogP contribution in [0.4, 0.5) is 0 Å². The van der Waals surface area contributed by atoms with Gasteiger partial charge < -0.3 is 5.41 Å². The van der Waals surface area contributed by atoms with Crippen molar-refractivity contribution >= 4 is 5.71 Å². The van der Waals surface area contributed by atoms with Crippen molar-refractivity contribution in [1.82, 2.24) is 0 Å². The average molecular weight is 149 g/mol. The van der Waals surface area contributed by atoms with E-state index in [0.717, 1.165) is 16.7 Å². The minimum absolute atomic E-state index is 0.608. The van der Waals surface area contributed by atoms with Crippen molar-refractivity contribution in [3.8, 4) is 0 Å². The molecule has 0 spiro atoms. The maximum Gasteiger partial charge on any atom is 0.0315 e. The normalized spacial score (nSPS) is 11.6. The van der Waals surface area contributed by atoms with E-state index in [1.807, 2.05) is 20.8 Å². The highest BCUT2D eigenvalue weighted by molar-refractivity contribution is 5.96. The van der Waals surface area contributed by atoms with Gasteiger partial charge in [0.05, 0.1) is 0 Å². The van der Waals surface area contributed by atoms with E-state index in [9.17, 15) is 0 Å². The average Bonchev–Trinajstić information content (AvgIpc) is 2.00. The van der Waals surface area contributed by atoms with Crippen LogP contribution in [-0.4, -0.2) is 5.71 Å². The molecule has 0 saturated carbocycles. The fraction of sp³-hybridized carbons (Fsp3) is 0.400. The van der Waals surface area contributed by atoms with Gasteiger partial charge in [0.15, 0.2) is 0 Å². The Bertz CT molecular complexity index is 250. The van der Waals surface area contributed by atoms with Crippen molar-refractivity contribution in [3.05, 3.63) is 29.0 Å². The summed E-state index contributed by atoms with van der Waals surface area (Å²) in [6.07, 6.45) is 0. The molecule has 0 fully saturated rings. The van der Waals surface area contributed by atoms with E-state index in [4.69, 9.17) is 5.41 Å². The van der Waals surface area contributed by atoms with Crippen LogP contribution in [-0.2, 0) is 0 Å². The summed E-state index contributed by atoms with van der Waals surface area (Å²) < 4.78 is 0. The summed E-state index contributed by atoms with van der Waals surface area (Å²) in [5.74, 6) is 0. The van der Waals surface area contributed by atoms with Crippen LogP contribution in [0.3, 0.4) is 0 Å². The van der Waals surface area contributed by atoms with Gasteiger partial charge in [0.25, 0.3) is 0 Å². The first-order valence-corrected chi connectivity index (χ1v) is 3.60. The first-order chi connectivity index (χ1) is 5.00. The molecule has 0 bridgehead atoms. The summed E-state index contributed by atoms with van der Waals surface area (Å²) in [6.45, 7) is 11.2. The maximum absolute atomic E-state index is 7.38. The minimum Gasteiger partial charge on any atom is -0.305 e. The monoisotopic (exact) mass is 149 g/mol. The minimum atomic E-state index is 0.608. The quantitative estimate of drug-likeness (QED) is 0.354. The summed E-state index contributed by atoms with van der Waals surface area (Å²) in [4.78, 5) is 0. The van der Waals surface area contributed by atoms with Gasteiger partial charge in [-0.05, 0) is 44.4 Å². The van der Waals surface area contributed by atoms with E-state index in [1.54, 1.807) is 6.92 Å². The molecule has 0 atom stereocenters. The topological polar surface area (TPSA) is 23.9 Å². The number of hydrogen-bond acceptors (Lipinski definition) is 1. The van der Waals surface area contributed by atoms with Crippen LogP contribution in [0, 0.1) is 5.41 Å². The highest BCUT2D eigenvalue weighted by atomic mass is 14.4. The fourth-order valence-corrected chi connectivity index (χ4v) is 0.695. The molecule has 1 heteroatoms. The van der Waals surface area contributed by atoms with E-state index in [-0.39, 0.29) is 0 Å². The van der Waals surface area contributed by atoms with Crippen LogP contribution >= 0.6 is 0 Å². The van der Waals surface area contributed by atoms with Crippen LogP contribution in [0.15, 0.2) is 29.0 Å². The Morgan fingerprint density at radius 3 is 1.82 bits per heavy atom. The summed E-state index contributed by atoms with van der Waals surface area (Å²) in [7, 11) is 0. The van der Waals surface area contributed by atoms with Gasteiger partial charge in [0, 0.05) is 5.71 Å². The van der Waals surface area contributed by atoms with Crippen molar-refractivity contribution in [2.45, 2.75) is 27.7 Å². The summed E-state index contributed by atoms with van der Waals surface area (Å²) in [5, 5.41) is 7.38. The van der Waals surface area contributed by atoms with Crippen molar-refractivity contribution in [2.24, 2.45) is 0 Å². The molecular weight excluding hydrogens is 134 g/mol. The van der Waals surface area contributed by atoms with Gasteiger partial charge in [0.2, 0.25) is 0 Å². The maximum atomic E-state index is 7.38. The lowest BCUT2D eigenvalue weighted by molar-refractivity contribution is 1.28. The highest BCUT2D eigenvalue weighted by Gasteiger charge is 1.99. The smallest absolute Gasteiger partial charge is 0.0315 e. The van der Waals surface area contributed by atoms with E-state index < -0.39 is 0 Å². The van der Waals surface area contributed by atoms with Crippen LogP contribution < -0.4 is 0 Å². The van der Waals surface area contributed by atoms with Crippen LogP contribution in [0.5, 0.6) is 0 Å². The van der Waals surface area contributed by atoms with Crippen molar-refractivity contribution < 1.29 is 0 Å². The Morgan fingerprint density at radius 2 is 1.55 bits per heavy atom. The molecule has 0 aliphatic heterocycles. The Kier molecular flexibility index (Phi) is 3.56. The third kappa shape index (κ3) is 2.57. The third-order valence-electron chi connectivity index (χ3n) is 1.95. The molecule has 1 N–H and O–H groups in total. The van der Waals surface area contributed by atoms with E-state index in [2.05, 4.69) is 12.3 Å². The van der Waals surface area contributed by atoms with Crippen LogP contribution in [0.1, 0.15) is 27.7 Å². The molecule has 0 aromatic heterocycles. The molecular formula is C10H15N. The van der Waals surface area contributed by atoms with Crippen molar-refractivity contribution in [3.63, 3.8) is 0 Å². The largest absolute Gasteiger partial charge is 0.305 e. The number of hydrogen-bond donors (Lipinski definition) is 1. The summed E-state index contributed by atoms with van der Waals surface area (Å²) in [6, 6.07) is 0. The fourth-order valence-electron chi connectivity index (χ4n) is 0.695. The van der Waals surface area contributed by atoms with E-state index in [0.29, 0.717) is 5.71 Å². The summed E-state index contributed by atoms with van der Waals surface area (Å²) >= 11 is 0. The molecule has 0 aliphatic carbocycles. The zero-order chi connectivity index (χ0) is 9.02. The molecule has 0 aliphatic rings. The lowest BCUT2D eigenvalue weighted by Crippen LogP contribution is -1.95. The second kappa shape index (κ2) is 3.95. The first kappa shape index (κ1) is 9.93. The van der Waals surface area contributed by atoms with Gasteiger partial charge in [-0.3, -0.25) is 0 Å². The zero-order valence-electron chi connectivity index (χ0n) is 7.71. The molecule has 0 rings (SSSR count). The van der Waals surface area contributed by atoms with E-state index >= 15 is 0 Å². The zero-order valence-corrected chi connectivity index (χ0v) is 7.71. The highest BCUT2D eigenvalue weighted by Crippen LogP contribution is 2.12. The number of nitrogens with one attached hydrogen (secondary N) is 1. The standard InChI is InChI=1S/C10H15N/c1-6-7(2)8(3)9(4)10(5)11/h11H,1H2,2-5H3/b9-8+,11-10?. The van der Waals surface area contributed by atoms with Gasteiger partial charge in [-0.15, -0.1) is 5.73 Å². The Labute approximate surface area is 68.6 Å². The molecule has 0 unspecified atom stereocenters. The number of allylic oxidation sites excluding steroid dienone is 3. The van der Waals surface area contributed by atoms with Gasteiger partial charge in [-0.25, -0.2) is 0 Å². The second-order valence-corrected chi connectivity index (χ2v) is 2.68. The molecule has 11 heavy (non-hydrogen) atoms. The van der Waals surface area contributed by atoms with E-state index in [1.165, 1.54) is 0 Å². The predicted octanol–water partition coefficient (Wildman–Crippen LogP) is 3.09. The van der Waals surface area contributed by atoms with Crippen molar-refractivity contribution in [2.75, 3.05) is 0 Å². The van der Waals surface area contributed by atoms with Gasteiger partial charge in [0.1, 0.15) is 0 Å². The van der Waals surface area contributed by atoms with Crippen LogP contribution in [0.25, 0.3) is 0 Å². The first-order valence-electron chi connectivity index (χ1n) is 3.60. The molecule has 1 nitrogen and oxygen atoms in total. The Balaban J connectivity index is 4.97. The molecule has 0 radical (unpaired) electrons. The van der Waals surface area contributed by atoms with Crippen molar-refractivity contribution in [1.29, 1.82) is 5.41 Å². The summed E-state index contributed by atoms with van der Waals surface area (Å²) in [5.41, 5.74) is 6.56. The molecule has 0 heterocycles. The lowest BCUT2D eigenvalue weighted by atomic mass is 10.0. The molecule has 0 saturated heterocycles. The SMILES string of the molecule is C=C=C(C)/C(C)=C(\C)C(C)=N. The molecule has 0 aromatic rings. The third-order valence-corrected chi connectivity index (χ3v) is 1.95. The lowest BCUT2D eigenvalue weighted by Gasteiger charge is -2.03. The second-order valence-electron chi connectivity index (χ2n) is 2.68. The molecule has 60 valence electrons. The van der Waals surface area contributed by atoms with Gasteiger partial charge in [-0.1, -0.05) is 6.58 Å². The molecule has 0 aromatic carbocycles. The molecule has 0 amide bonds. The van der Waals surface area contributed by atoms with Gasteiger partial charge >= 0.3 is 0 Å². The Hall–Kier alpha value is -1.07. The van der Waals surface area contributed by atoms with Crippen LogP contribution in [0.2, 0.25) is 0 Å². The predicted molar refractivity (Wildman–Crippen MR) is 50.1 cm³/mol. The Morgan fingerprint density at radius 1 is 1.09 bits per heavy atom.